The van der Waals surface area contributed by atoms with Crippen LogP contribution in [0.3, 0.4) is 0 Å². The Morgan fingerprint density at radius 1 is 1.17 bits per heavy atom. The van der Waals surface area contributed by atoms with Crippen LogP contribution in [0.2, 0.25) is 0 Å². The summed E-state index contributed by atoms with van der Waals surface area (Å²) in [6.07, 6.45) is 2.18. The molecule has 102 valence electrons. The van der Waals surface area contributed by atoms with E-state index in [1.54, 1.807) is 0 Å². The van der Waals surface area contributed by atoms with Crippen LogP contribution in [-0.4, -0.2) is 19.2 Å². The van der Waals surface area contributed by atoms with Crippen LogP contribution in [0.15, 0.2) is 24.3 Å². The molecule has 1 rings (SSSR count). The zero-order valence-electron chi connectivity index (χ0n) is 12.2. The molecule has 0 saturated heterocycles. The van der Waals surface area contributed by atoms with E-state index in [4.69, 9.17) is 4.74 Å². The monoisotopic (exact) mass is 249 g/mol. The van der Waals surface area contributed by atoms with Crippen molar-refractivity contribution in [2.24, 2.45) is 5.92 Å². The molecule has 0 saturated carbocycles. The second-order valence-electron chi connectivity index (χ2n) is 5.08. The van der Waals surface area contributed by atoms with Gasteiger partial charge in [-0.1, -0.05) is 45.9 Å². The van der Waals surface area contributed by atoms with E-state index in [9.17, 15) is 0 Å². The lowest BCUT2D eigenvalue weighted by atomic mass is 10.1. The van der Waals surface area contributed by atoms with Crippen molar-refractivity contribution in [1.29, 1.82) is 0 Å². The fourth-order valence-corrected chi connectivity index (χ4v) is 1.93. The molecule has 1 aromatic rings. The van der Waals surface area contributed by atoms with Crippen LogP contribution >= 0.6 is 0 Å². The lowest BCUT2D eigenvalue weighted by Crippen LogP contribution is -2.39. The Balaban J connectivity index is 2.55. The van der Waals surface area contributed by atoms with E-state index in [2.05, 4.69) is 51.2 Å². The van der Waals surface area contributed by atoms with Gasteiger partial charge >= 0.3 is 0 Å². The summed E-state index contributed by atoms with van der Waals surface area (Å²) in [5.74, 6) is 1.62. The fraction of sp³-hybridized carbons (Fsp3) is 0.625. The molecule has 1 unspecified atom stereocenters. The highest BCUT2D eigenvalue weighted by atomic mass is 16.5. The van der Waals surface area contributed by atoms with Crippen LogP contribution in [-0.2, 0) is 6.42 Å². The highest BCUT2D eigenvalue weighted by Crippen LogP contribution is 2.19. The number of benzene rings is 1. The lowest BCUT2D eigenvalue weighted by Gasteiger charge is -2.23. The van der Waals surface area contributed by atoms with Gasteiger partial charge in [0, 0.05) is 6.04 Å². The summed E-state index contributed by atoms with van der Waals surface area (Å²) in [6, 6.07) is 8.74. The maximum Gasteiger partial charge on any atom is 0.122 e. The molecule has 0 aliphatic rings. The number of para-hydroxylation sites is 1. The predicted molar refractivity (Wildman–Crippen MR) is 78.2 cm³/mol. The molecule has 0 bridgehead atoms. The van der Waals surface area contributed by atoms with E-state index in [1.165, 1.54) is 5.56 Å². The molecule has 0 fully saturated rings. The summed E-state index contributed by atoms with van der Waals surface area (Å²) in [5, 5.41) is 3.55. The van der Waals surface area contributed by atoms with Crippen LogP contribution in [0.5, 0.6) is 5.75 Å². The van der Waals surface area contributed by atoms with Gasteiger partial charge in [-0.25, -0.2) is 0 Å². The zero-order valence-corrected chi connectivity index (χ0v) is 12.2. The maximum atomic E-state index is 5.99. The maximum absolute atomic E-state index is 5.99. The molecule has 2 nitrogen and oxygen atoms in total. The van der Waals surface area contributed by atoms with Crippen molar-refractivity contribution in [2.45, 2.75) is 46.6 Å². The molecular formula is C16H27NO. The number of ether oxygens (including phenoxy) is 1. The minimum atomic E-state index is 0.426. The van der Waals surface area contributed by atoms with Crippen LogP contribution in [0, 0.1) is 5.92 Å². The van der Waals surface area contributed by atoms with Crippen LogP contribution in [0.4, 0.5) is 0 Å². The third-order valence-electron chi connectivity index (χ3n) is 3.23. The highest BCUT2D eigenvalue weighted by Gasteiger charge is 2.13. The van der Waals surface area contributed by atoms with E-state index >= 15 is 0 Å². The van der Waals surface area contributed by atoms with Gasteiger partial charge in [0.15, 0.2) is 0 Å². The summed E-state index contributed by atoms with van der Waals surface area (Å²) in [6.45, 7) is 10.6. The van der Waals surface area contributed by atoms with E-state index in [-0.39, 0.29) is 0 Å². The number of hydrogen-bond donors (Lipinski definition) is 1. The van der Waals surface area contributed by atoms with Crippen molar-refractivity contribution in [3.8, 4) is 5.75 Å². The molecule has 0 aromatic heterocycles. The number of aryl methyl sites for hydroxylation is 1. The third-order valence-corrected chi connectivity index (χ3v) is 3.23. The SMILES string of the molecule is CCCNC(COc1ccccc1CC)C(C)C. The first-order chi connectivity index (χ1) is 8.69. The molecule has 1 aromatic carbocycles. The quantitative estimate of drug-likeness (QED) is 0.759. The van der Waals surface area contributed by atoms with Crippen molar-refractivity contribution in [1.82, 2.24) is 5.32 Å². The summed E-state index contributed by atoms with van der Waals surface area (Å²) < 4.78 is 5.99. The van der Waals surface area contributed by atoms with Gasteiger partial charge in [0.2, 0.25) is 0 Å². The van der Waals surface area contributed by atoms with Gasteiger partial charge < -0.3 is 10.1 Å². The van der Waals surface area contributed by atoms with E-state index in [1.807, 2.05) is 6.07 Å². The van der Waals surface area contributed by atoms with Gasteiger partial charge in [0.05, 0.1) is 0 Å². The summed E-state index contributed by atoms with van der Waals surface area (Å²) in [4.78, 5) is 0. The van der Waals surface area contributed by atoms with Gasteiger partial charge in [0.25, 0.3) is 0 Å². The third kappa shape index (κ3) is 4.69. The molecule has 1 N–H and O–H groups in total. The number of rotatable bonds is 8. The van der Waals surface area contributed by atoms with Crippen LogP contribution in [0.1, 0.15) is 39.7 Å². The lowest BCUT2D eigenvalue weighted by molar-refractivity contribution is 0.229. The summed E-state index contributed by atoms with van der Waals surface area (Å²) >= 11 is 0. The molecule has 1 atom stereocenters. The van der Waals surface area contributed by atoms with E-state index < -0.39 is 0 Å². The van der Waals surface area contributed by atoms with Crippen molar-refractivity contribution in [3.05, 3.63) is 29.8 Å². The molecular weight excluding hydrogens is 222 g/mol. The molecule has 0 radical (unpaired) electrons. The number of hydrogen-bond acceptors (Lipinski definition) is 2. The van der Waals surface area contributed by atoms with Crippen molar-refractivity contribution < 1.29 is 4.74 Å². The number of nitrogens with one attached hydrogen (secondary N) is 1. The van der Waals surface area contributed by atoms with E-state index in [0.717, 1.165) is 31.7 Å². The summed E-state index contributed by atoms with van der Waals surface area (Å²) in [5.41, 5.74) is 1.29. The van der Waals surface area contributed by atoms with Gasteiger partial charge in [-0.3, -0.25) is 0 Å². The first-order valence-corrected chi connectivity index (χ1v) is 7.13. The first kappa shape index (κ1) is 15.0. The van der Waals surface area contributed by atoms with Crippen molar-refractivity contribution in [2.75, 3.05) is 13.2 Å². The molecule has 0 aliphatic carbocycles. The Morgan fingerprint density at radius 3 is 2.50 bits per heavy atom. The Labute approximate surface area is 112 Å². The average molecular weight is 249 g/mol. The predicted octanol–water partition coefficient (Wildman–Crippen LogP) is 3.65. The largest absolute Gasteiger partial charge is 0.492 e. The van der Waals surface area contributed by atoms with Gasteiger partial charge in [0.1, 0.15) is 12.4 Å². The molecule has 18 heavy (non-hydrogen) atoms. The summed E-state index contributed by atoms with van der Waals surface area (Å²) in [7, 11) is 0. The highest BCUT2D eigenvalue weighted by molar-refractivity contribution is 5.33. The molecule has 0 aliphatic heterocycles. The standard InChI is InChI=1S/C16H27NO/c1-5-11-17-15(13(3)4)12-18-16-10-8-7-9-14(16)6-2/h7-10,13,15,17H,5-6,11-12H2,1-4H3. The minimum Gasteiger partial charge on any atom is -0.492 e. The molecule has 0 spiro atoms. The van der Waals surface area contributed by atoms with Gasteiger partial charge in [-0.2, -0.15) is 0 Å². The zero-order chi connectivity index (χ0) is 13.4. The molecule has 0 amide bonds. The topological polar surface area (TPSA) is 21.3 Å². The molecule has 0 heterocycles. The normalized spacial score (nSPS) is 12.7. The van der Waals surface area contributed by atoms with Gasteiger partial charge in [-0.15, -0.1) is 0 Å². The molecule has 2 heteroatoms. The minimum absolute atomic E-state index is 0.426. The van der Waals surface area contributed by atoms with Crippen molar-refractivity contribution >= 4 is 0 Å². The van der Waals surface area contributed by atoms with E-state index in [0.29, 0.717) is 12.0 Å². The smallest absolute Gasteiger partial charge is 0.122 e. The second kappa shape index (κ2) is 8.15. The van der Waals surface area contributed by atoms with Crippen LogP contribution < -0.4 is 10.1 Å². The Hall–Kier alpha value is -1.02. The second-order valence-corrected chi connectivity index (χ2v) is 5.08. The fourth-order valence-electron chi connectivity index (χ4n) is 1.93. The van der Waals surface area contributed by atoms with Crippen LogP contribution in [0.25, 0.3) is 0 Å². The Morgan fingerprint density at radius 2 is 1.89 bits per heavy atom. The van der Waals surface area contributed by atoms with Crippen molar-refractivity contribution in [3.63, 3.8) is 0 Å². The average Bonchev–Trinajstić information content (AvgIpc) is 2.38. The van der Waals surface area contributed by atoms with Gasteiger partial charge in [-0.05, 0) is 36.9 Å². The Bertz CT molecular complexity index is 336. The Kier molecular flexibility index (Phi) is 6.81. The first-order valence-electron chi connectivity index (χ1n) is 7.13.